The topological polar surface area (TPSA) is 177 Å². The number of carbonyl (C=O) groups is 1. The summed E-state index contributed by atoms with van der Waals surface area (Å²) in [6.07, 6.45) is 2.41. The van der Waals surface area contributed by atoms with Gasteiger partial charge in [-0.15, -0.1) is 0 Å². The number of amides is 2. The number of primary sulfonamides is 1. The number of fused-ring (bicyclic) bond motifs is 2. The molecule has 3 heterocycles. The van der Waals surface area contributed by atoms with Gasteiger partial charge in [-0.2, -0.15) is 0 Å². The van der Waals surface area contributed by atoms with E-state index in [-0.39, 0.29) is 10.6 Å². The summed E-state index contributed by atoms with van der Waals surface area (Å²) in [6.45, 7) is 5.91. The van der Waals surface area contributed by atoms with Gasteiger partial charge in [-0.05, 0) is 55.9 Å². The fourth-order valence-electron chi connectivity index (χ4n) is 5.18. The number of aromatic nitrogens is 3. The van der Waals surface area contributed by atoms with Crippen LogP contribution in [0.5, 0.6) is 11.5 Å². The molecule has 1 aliphatic heterocycles. The highest BCUT2D eigenvalue weighted by Gasteiger charge is 2.16. The molecule has 5 N–H and O–H groups in total. The van der Waals surface area contributed by atoms with Crippen LogP contribution in [0, 0.1) is 0 Å². The van der Waals surface area contributed by atoms with Crippen molar-refractivity contribution in [2.75, 3.05) is 69.4 Å². The van der Waals surface area contributed by atoms with E-state index in [1.54, 1.807) is 13.2 Å². The predicted octanol–water partition coefficient (Wildman–Crippen LogP) is 4.30. The van der Waals surface area contributed by atoms with Crippen LogP contribution < -0.4 is 30.6 Å². The molecule has 1 aliphatic rings. The van der Waals surface area contributed by atoms with E-state index in [0.29, 0.717) is 40.1 Å². The highest BCUT2D eigenvalue weighted by Crippen LogP contribution is 2.36. The standard InChI is InChI=1S/C31H35N9O5S2/c1-39-10-12-40(13-11-39)9-4-14-45-27-18-25-23(17-26(27)44-2)29(34-19-33-25)35-21-7-8-24-28(16-21)46-31(37-24)38-30(41)36-20-5-3-6-22(15-20)47(32,42)43/h3,5-8,15-19H,4,9-14H2,1-2H3,(H2,32,42,43)(H,33,34,35)(H2,36,37,38,41). The van der Waals surface area contributed by atoms with Crippen LogP contribution in [0.2, 0.25) is 0 Å². The van der Waals surface area contributed by atoms with Gasteiger partial charge in [0, 0.05) is 55.6 Å². The Morgan fingerprint density at radius 1 is 0.979 bits per heavy atom. The maximum atomic E-state index is 12.6. The van der Waals surface area contributed by atoms with Gasteiger partial charge in [0.05, 0.1) is 34.3 Å². The summed E-state index contributed by atoms with van der Waals surface area (Å²) in [5.74, 6) is 1.83. The van der Waals surface area contributed by atoms with Crippen molar-refractivity contribution in [1.29, 1.82) is 0 Å². The molecule has 0 aliphatic carbocycles. The smallest absolute Gasteiger partial charge is 0.325 e. The van der Waals surface area contributed by atoms with Crippen molar-refractivity contribution in [2.45, 2.75) is 11.3 Å². The average Bonchev–Trinajstić information content (AvgIpc) is 3.44. The van der Waals surface area contributed by atoms with Crippen molar-refractivity contribution in [3.8, 4) is 11.5 Å². The van der Waals surface area contributed by atoms with E-state index in [1.165, 1.54) is 35.9 Å². The predicted molar refractivity (Wildman–Crippen MR) is 183 cm³/mol. The first-order valence-electron chi connectivity index (χ1n) is 14.9. The van der Waals surface area contributed by atoms with Gasteiger partial charge < -0.3 is 29.9 Å². The maximum Gasteiger partial charge on any atom is 0.325 e. The number of ether oxygens (including phenoxy) is 2. The molecule has 3 aromatic carbocycles. The Morgan fingerprint density at radius 3 is 2.60 bits per heavy atom. The molecule has 6 rings (SSSR count). The van der Waals surface area contributed by atoms with Crippen LogP contribution in [0.15, 0.2) is 65.8 Å². The Morgan fingerprint density at radius 2 is 1.81 bits per heavy atom. The third-order valence-corrected chi connectivity index (χ3v) is 9.53. The number of rotatable bonds is 11. The average molecular weight is 678 g/mol. The highest BCUT2D eigenvalue weighted by atomic mass is 32.2. The van der Waals surface area contributed by atoms with E-state index >= 15 is 0 Å². The zero-order valence-corrected chi connectivity index (χ0v) is 27.5. The first kappa shape index (κ1) is 32.3. The molecular weight excluding hydrogens is 643 g/mol. The van der Waals surface area contributed by atoms with Gasteiger partial charge in [0.25, 0.3) is 0 Å². The van der Waals surface area contributed by atoms with Crippen LogP contribution in [0.3, 0.4) is 0 Å². The Balaban J connectivity index is 1.11. The van der Waals surface area contributed by atoms with Crippen LogP contribution in [-0.4, -0.2) is 92.7 Å². The summed E-state index contributed by atoms with van der Waals surface area (Å²) < 4.78 is 35.9. The van der Waals surface area contributed by atoms with E-state index in [9.17, 15) is 13.2 Å². The molecule has 5 aromatic rings. The number of methoxy groups -OCH3 is 1. The summed E-state index contributed by atoms with van der Waals surface area (Å²) in [5.41, 5.74) is 2.44. The maximum absolute atomic E-state index is 12.6. The molecule has 1 saturated heterocycles. The number of hydrogen-bond acceptors (Lipinski definition) is 12. The van der Waals surface area contributed by atoms with Crippen LogP contribution in [0.25, 0.3) is 21.1 Å². The zero-order valence-electron chi connectivity index (χ0n) is 25.9. The van der Waals surface area contributed by atoms with E-state index in [2.05, 4.69) is 47.7 Å². The lowest BCUT2D eigenvalue weighted by atomic mass is 10.2. The van der Waals surface area contributed by atoms with E-state index < -0.39 is 16.1 Å². The number of thiazole rings is 1. The van der Waals surface area contributed by atoms with Crippen LogP contribution in [-0.2, 0) is 10.0 Å². The fourth-order valence-corrected chi connectivity index (χ4v) is 6.64. The van der Waals surface area contributed by atoms with E-state index in [1.807, 2.05) is 30.3 Å². The number of anilines is 4. The second kappa shape index (κ2) is 14.0. The minimum Gasteiger partial charge on any atom is -0.493 e. The van der Waals surface area contributed by atoms with Crippen molar-refractivity contribution in [3.05, 3.63) is 60.9 Å². The molecule has 16 heteroatoms. The number of benzene rings is 3. The number of carbonyl (C=O) groups excluding carboxylic acids is 1. The number of piperazine rings is 1. The van der Waals surface area contributed by atoms with E-state index in [0.717, 1.165) is 54.9 Å². The van der Waals surface area contributed by atoms with Gasteiger partial charge in [-0.1, -0.05) is 17.4 Å². The lowest BCUT2D eigenvalue weighted by Crippen LogP contribution is -2.44. The largest absolute Gasteiger partial charge is 0.493 e. The lowest BCUT2D eigenvalue weighted by Gasteiger charge is -2.32. The fraction of sp³-hybridized carbons (Fsp3) is 0.290. The normalized spacial score (nSPS) is 14.3. The van der Waals surface area contributed by atoms with Gasteiger partial charge in [0.15, 0.2) is 16.6 Å². The Hall–Kier alpha value is -4.61. The number of sulfonamides is 1. The first-order chi connectivity index (χ1) is 22.6. The molecular formula is C31H35N9O5S2. The number of nitrogens with zero attached hydrogens (tertiary/aromatic N) is 5. The van der Waals surface area contributed by atoms with Crippen LogP contribution in [0.4, 0.5) is 27.1 Å². The van der Waals surface area contributed by atoms with Gasteiger partial charge >= 0.3 is 6.03 Å². The highest BCUT2D eigenvalue weighted by molar-refractivity contribution is 7.89. The Labute approximate surface area is 276 Å². The molecule has 0 spiro atoms. The Kier molecular flexibility index (Phi) is 9.65. The van der Waals surface area contributed by atoms with Crippen molar-refractivity contribution in [1.82, 2.24) is 24.8 Å². The lowest BCUT2D eigenvalue weighted by molar-refractivity contribution is 0.145. The molecule has 1 fully saturated rings. The van der Waals surface area contributed by atoms with Crippen molar-refractivity contribution < 1.29 is 22.7 Å². The molecule has 2 amide bonds. The number of likely N-dealkylation sites (N-methyl/N-ethyl adjacent to an activating group) is 1. The third kappa shape index (κ3) is 8.04. The van der Waals surface area contributed by atoms with Crippen molar-refractivity contribution in [3.63, 3.8) is 0 Å². The zero-order chi connectivity index (χ0) is 33.0. The van der Waals surface area contributed by atoms with E-state index in [4.69, 9.17) is 14.6 Å². The molecule has 0 atom stereocenters. The summed E-state index contributed by atoms with van der Waals surface area (Å²) in [4.78, 5) is 30.7. The summed E-state index contributed by atoms with van der Waals surface area (Å²) in [7, 11) is -0.135. The van der Waals surface area contributed by atoms with Crippen LogP contribution >= 0.6 is 11.3 Å². The number of nitrogens with one attached hydrogen (secondary N) is 3. The summed E-state index contributed by atoms with van der Waals surface area (Å²) >= 11 is 1.29. The Bertz CT molecular complexity index is 2010. The SMILES string of the molecule is COc1cc2c(Nc3ccc4nc(NC(=O)Nc5cccc(S(N)(=O)=O)c5)sc4c3)ncnc2cc1OCCCN1CCN(C)CC1. The van der Waals surface area contributed by atoms with Gasteiger partial charge in [0.1, 0.15) is 12.1 Å². The molecule has 0 unspecified atom stereocenters. The molecule has 0 saturated carbocycles. The third-order valence-electron chi connectivity index (χ3n) is 7.68. The summed E-state index contributed by atoms with van der Waals surface area (Å²) in [5, 5.41) is 15.0. The second-order valence-corrected chi connectivity index (χ2v) is 13.7. The molecule has 2 aromatic heterocycles. The minimum absolute atomic E-state index is 0.105. The summed E-state index contributed by atoms with van der Waals surface area (Å²) in [6, 6.07) is 14.5. The number of nitrogens with two attached hydrogens (primary N) is 1. The quantitative estimate of drug-likeness (QED) is 0.147. The molecule has 47 heavy (non-hydrogen) atoms. The van der Waals surface area contributed by atoms with Crippen molar-refractivity contribution >= 4 is 70.8 Å². The first-order valence-corrected chi connectivity index (χ1v) is 17.3. The van der Waals surface area contributed by atoms with Gasteiger partial charge in [-0.3, -0.25) is 5.32 Å². The molecule has 0 bridgehead atoms. The van der Waals surface area contributed by atoms with Crippen LogP contribution in [0.1, 0.15) is 6.42 Å². The number of urea groups is 1. The van der Waals surface area contributed by atoms with Crippen molar-refractivity contribution in [2.24, 2.45) is 5.14 Å². The monoisotopic (exact) mass is 677 g/mol. The second-order valence-electron chi connectivity index (χ2n) is 11.1. The minimum atomic E-state index is -3.90. The molecule has 0 radical (unpaired) electrons. The molecule has 14 nitrogen and oxygen atoms in total. The number of hydrogen-bond donors (Lipinski definition) is 4. The van der Waals surface area contributed by atoms with Gasteiger partial charge in [-0.25, -0.2) is 33.3 Å². The molecule has 246 valence electrons. The van der Waals surface area contributed by atoms with Gasteiger partial charge in [0.2, 0.25) is 10.0 Å².